The molecule has 0 N–H and O–H groups in total. The molecule has 0 atom stereocenters. The standard InChI is InChI=1S/C44H27NOS/c1-3-12-28(13-4-1)34-20-10-21-37-41-33(19-11-23-39(41)46-43(34)37)31-15-9-14-29(26-31)30-24-25-36-40(27-30)47-44-35-18-7-8-22-38(35)45(42(36)44)32-16-5-2-6-17-32/h1-27H. The molecule has 0 saturated carbocycles. The zero-order valence-corrected chi connectivity index (χ0v) is 26.2. The van der Waals surface area contributed by atoms with Gasteiger partial charge in [-0.1, -0.05) is 127 Å². The van der Waals surface area contributed by atoms with Crippen LogP contribution in [0.3, 0.4) is 0 Å². The molecule has 2 nitrogen and oxygen atoms in total. The molecule has 0 aliphatic rings. The van der Waals surface area contributed by atoms with Crippen molar-refractivity contribution in [1.82, 2.24) is 4.57 Å². The summed E-state index contributed by atoms with van der Waals surface area (Å²) < 4.78 is 11.6. The summed E-state index contributed by atoms with van der Waals surface area (Å²) in [5.41, 5.74) is 12.6. The lowest BCUT2D eigenvalue weighted by molar-refractivity contribution is 0.670. The van der Waals surface area contributed by atoms with Crippen molar-refractivity contribution in [3.8, 4) is 39.1 Å². The van der Waals surface area contributed by atoms with Crippen LogP contribution in [-0.2, 0) is 0 Å². The lowest BCUT2D eigenvalue weighted by atomic mass is 9.95. The van der Waals surface area contributed by atoms with Crippen LogP contribution >= 0.6 is 11.3 Å². The first-order valence-electron chi connectivity index (χ1n) is 15.9. The molecule has 220 valence electrons. The second kappa shape index (κ2) is 10.3. The van der Waals surface area contributed by atoms with E-state index in [1.165, 1.54) is 59.1 Å². The van der Waals surface area contributed by atoms with Crippen LogP contribution in [0.2, 0.25) is 0 Å². The van der Waals surface area contributed by atoms with Crippen molar-refractivity contribution in [3.63, 3.8) is 0 Å². The third-order valence-electron chi connectivity index (χ3n) is 9.41. The van der Waals surface area contributed by atoms with E-state index in [2.05, 4.69) is 168 Å². The first-order valence-corrected chi connectivity index (χ1v) is 16.7. The maximum absolute atomic E-state index is 6.56. The van der Waals surface area contributed by atoms with Gasteiger partial charge in [-0.05, 0) is 64.2 Å². The van der Waals surface area contributed by atoms with Crippen molar-refractivity contribution in [2.75, 3.05) is 0 Å². The van der Waals surface area contributed by atoms with Crippen molar-refractivity contribution in [1.29, 1.82) is 0 Å². The maximum atomic E-state index is 6.56. The van der Waals surface area contributed by atoms with Gasteiger partial charge in [0.25, 0.3) is 0 Å². The Balaban J connectivity index is 1.12. The van der Waals surface area contributed by atoms with Gasteiger partial charge >= 0.3 is 0 Å². The Hall–Kier alpha value is -5.90. The normalized spacial score (nSPS) is 11.8. The van der Waals surface area contributed by atoms with Gasteiger partial charge in [0.1, 0.15) is 11.2 Å². The fraction of sp³-hybridized carbons (Fsp3) is 0. The molecule has 3 heterocycles. The second-order valence-corrected chi connectivity index (χ2v) is 13.1. The number of nitrogens with zero attached hydrogens (tertiary/aromatic N) is 1. The van der Waals surface area contributed by atoms with Crippen molar-refractivity contribution < 1.29 is 4.42 Å². The average molecular weight is 618 g/mol. The van der Waals surface area contributed by atoms with E-state index in [-0.39, 0.29) is 0 Å². The van der Waals surface area contributed by atoms with Gasteiger partial charge in [0.2, 0.25) is 0 Å². The van der Waals surface area contributed by atoms with Crippen molar-refractivity contribution in [3.05, 3.63) is 164 Å². The fourth-order valence-corrected chi connectivity index (χ4v) is 8.55. The molecule has 0 fully saturated rings. The van der Waals surface area contributed by atoms with E-state index in [1.54, 1.807) is 0 Å². The van der Waals surface area contributed by atoms with Crippen LogP contribution in [0.1, 0.15) is 0 Å². The quantitative estimate of drug-likeness (QED) is 0.192. The average Bonchev–Trinajstić information content (AvgIpc) is 3.81. The number of furan rings is 1. The minimum atomic E-state index is 0.907. The lowest BCUT2D eigenvalue weighted by Gasteiger charge is -2.09. The highest BCUT2D eigenvalue weighted by molar-refractivity contribution is 7.26. The summed E-state index contributed by atoms with van der Waals surface area (Å²) in [6.07, 6.45) is 0. The lowest BCUT2D eigenvalue weighted by Crippen LogP contribution is -1.92. The van der Waals surface area contributed by atoms with E-state index in [0.29, 0.717) is 0 Å². The van der Waals surface area contributed by atoms with Crippen LogP contribution < -0.4 is 0 Å². The summed E-state index contributed by atoms with van der Waals surface area (Å²) in [6, 6.07) is 58.7. The molecule has 10 aromatic rings. The van der Waals surface area contributed by atoms with Crippen LogP contribution in [0.4, 0.5) is 0 Å². The molecular weight excluding hydrogens is 591 g/mol. The summed E-state index contributed by atoms with van der Waals surface area (Å²) >= 11 is 1.89. The molecule has 47 heavy (non-hydrogen) atoms. The Morgan fingerprint density at radius 3 is 2.04 bits per heavy atom. The number of para-hydroxylation sites is 3. The van der Waals surface area contributed by atoms with Gasteiger partial charge in [-0.2, -0.15) is 0 Å². The summed E-state index contributed by atoms with van der Waals surface area (Å²) in [4.78, 5) is 0. The van der Waals surface area contributed by atoms with Crippen LogP contribution in [0, 0.1) is 0 Å². The van der Waals surface area contributed by atoms with E-state index in [1.807, 2.05) is 11.3 Å². The van der Waals surface area contributed by atoms with E-state index >= 15 is 0 Å². The van der Waals surface area contributed by atoms with Crippen LogP contribution in [-0.4, -0.2) is 4.57 Å². The Bertz CT molecular complexity index is 2780. The number of hydrogen-bond donors (Lipinski definition) is 0. The Labute approximate surface area is 275 Å². The molecule has 7 aromatic carbocycles. The molecule has 0 spiro atoms. The summed E-state index contributed by atoms with van der Waals surface area (Å²) in [6.45, 7) is 0. The Morgan fingerprint density at radius 1 is 0.468 bits per heavy atom. The summed E-state index contributed by atoms with van der Waals surface area (Å²) in [5, 5.41) is 4.88. The first kappa shape index (κ1) is 26.3. The molecular formula is C44H27NOS. The summed E-state index contributed by atoms with van der Waals surface area (Å²) in [7, 11) is 0. The van der Waals surface area contributed by atoms with Crippen LogP contribution in [0.25, 0.3) is 92.2 Å². The van der Waals surface area contributed by atoms with Crippen molar-refractivity contribution >= 4 is 64.5 Å². The summed E-state index contributed by atoms with van der Waals surface area (Å²) in [5.74, 6) is 0. The van der Waals surface area contributed by atoms with E-state index in [9.17, 15) is 0 Å². The molecule has 0 aliphatic heterocycles. The van der Waals surface area contributed by atoms with E-state index in [0.717, 1.165) is 33.1 Å². The van der Waals surface area contributed by atoms with Gasteiger partial charge in [-0.15, -0.1) is 11.3 Å². The number of rotatable bonds is 4. The molecule has 0 unspecified atom stereocenters. The van der Waals surface area contributed by atoms with Crippen molar-refractivity contribution in [2.45, 2.75) is 0 Å². The topological polar surface area (TPSA) is 18.1 Å². The predicted octanol–water partition coefficient (Wildman–Crippen LogP) is 12.9. The molecule has 0 saturated heterocycles. The van der Waals surface area contributed by atoms with E-state index < -0.39 is 0 Å². The van der Waals surface area contributed by atoms with Gasteiger partial charge in [0, 0.05) is 37.5 Å². The second-order valence-electron chi connectivity index (χ2n) is 12.1. The number of thiophene rings is 1. The minimum absolute atomic E-state index is 0.907. The third-order valence-corrected chi connectivity index (χ3v) is 10.6. The third kappa shape index (κ3) is 4.04. The minimum Gasteiger partial charge on any atom is -0.455 e. The SMILES string of the molecule is c1ccc(-c2cccc3c2oc2cccc(-c4cccc(-c5ccc6c(c5)sc5c7ccccc7n(-c7ccccc7)c65)c4)c23)cc1. The monoisotopic (exact) mass is 617 g/mol. The van der Waals surface area contributed by atoms with Gasteiger partial charge < -0.3 is 8.98 Å². The number of aromatic nitrogens is 1. The molecule has 0 aliphatic carbocycles. The molecule has 3 aromatic heterocycles. The molecule has 0 amide bonds. The molecule has 0 bridgehead atoms. The number of fused-ring (bicyclic) bond motifs is 8. The van der Waals surface area contributed by atoms with Gasteiger partial charge in [-0.25, -0.2) is 0 Å². The van der Waals surface area contributed by atoms with Gasteiger partial charge in [0.15, 0.2) is 0 Å². The fourth-order valence-electron chi connectivity index (χ4n) is 7.29. The highest BCUT2D eigenvalue weighted by Crippen LogP contribution is 2.44. The molecule has 0 radical (unpaired) electrons. The Kier molecular flexibility index (Phi) is 5.78. The molecule has 3 heteroatoms. The smallest absolute Gasteiger partial charge is 0.143 e. The number of hydrogen-bond acceptors (Lipinski definition) is 2. The number of benzene rings is 7. The largest absolute Gasteiger partial charge is 0.455 e. The molecule has 10 rings (SSSR count). The van der Waals surface area contributed by atoms with Crippen molar-refractivity contribution in [2.24, 2.45) is 0 Å². The maximum Gasteiger partial charge on any atom is 0.143 e. The Morgan fingerprint density at radius 2 is 1.15 bits per heavy atom. The van der Waals surface area contributed by atoms with E-state index in [4.69, 9.17) is 4.42 Å². The first-order chi connectivity index (χ1) is 23.3. The highest BCUT2D eigenvalue weighted by Gasteiger charge is 2.19. The highest BCUT2D eigenvalue weighted by atomic mass is 32.1. The van der Waals surface area contributed by atoms with Crippen LogP contribution in [0.5, 0.6) is 0 Å². The zero-order chi connectivity index (χ0) is 30.9. The van der Waals surface area contributed by atoms with Gasteiger partial charge in [0.05, 0.1) is 15.7 Å². The zero-order valence-electron chi connectivity index (χ0n) is 25.4. The van der Waals surface area contributed by atoms with Gasteiger partial charge in [-0.3, -0.25) is 0 Å². The predicted molar refractivity (Wildman–Crippen MR) is 200 cm³/mol. The van der Waals surface area contributed by atoms with Crippen LogP contribution in [0.15, 0.2) is 168 Å².